The van der Waals surface area contributed by atoms with Gasteiger partial charge in [0.05, 0.1) is 27.6 Å². The Bertz CT molecular complexity index is 798. The molecule has 0 aliphatic heterocycles. The SMILES string of the molecule is Nc1nc2cc(Cl)c(Cl)cc2n1Cc1ccccc1F. The highest BCUT2D eigenvalue weighted by Gasteiger charge is 2.12. The number of nitrogens with zero attached hydrogens (tertiary/aromatic N) is 2. The maximum atomic E-state index is 13.7. The molecule has 20 heavy (non-hydrogen) atoms. The summed E-state index contributed by atoms with van der Waals surface area (Å²) in [4.78, 5) is 4.22. The van der Waals surface area contributed by atoms with Crippen molar-refractivity contribution >= 4 is 40.2 Å². The van der Waals surface area contributed by atoms with Crippen molar-refractivity contribution in [3.8, 4) is 0 Å². The van der Waals surface area contributed by atoms with Crippen molar-refractivity contribution in [1.82, 2.24) is 9.55 Å². The molecule has 0 bridgehead atoms. The number of benzene rings is 2. The predicted molar refractivity (Wildman–Crippen MR) is 79.7 cm³/mol. The molecule has 102 valence electrons. The number of hydrogen-bond donors (Lipinski definition) is 1. The highest BCUT2D eigenvalue weighted by Crippen LogP contribution is 2.29. The normalized spacial score (nSPS) is 11.2. The van der Waals surface area contributed by atoms with E-state index in [1.807, 2.05) is 0 Å². The largest absolute Gasteiger partial charge is 0.369 e. The van der Waals surface area contributed by atoms with E-state index in [4.69, 9.17) is 28.9 Å². The van der Waals surface area contributed by atoms with Crippen LogP contribution in [0.15, 0.2) is 36.4 Å². The summed E-state index contributed by atoms with van der Waals surface area (Å²) in [5.74, 6) is 0.00963. The molecule has 1 aromatic heterocycles. The van der Waals surface area contributed by atoms with Crippen molar-refractivity contribution in [3.05, 3.63) is 57.8 Å². The molecule has 2 aromatic carbocycles. The Morgan fingerprint density at radius 3 is 2.60 bits per heavy atom. The fourth-order valence-corrected chi connectivity index (χ4v) is 2.42. The average Bonchev–Trinajstić information content (AvgIpc) is 2.69. The third-order valence-corrected chi connectivity index (χ3v) is 3.83. The Kier molecular flexibility index (Phi) is 3.28. The monoisotopic (exact) mass is 309 g/mol. The van der Waals surface area contributed by atoms with Gasteiger partial charge in [0.1, 0.15) is 5.82 Å². The first kappa shape index (κ1) is 13.2. The zero-order valence-corrected chi connectivity index (χ0v) is 11.8. The van der Waals surface area contributed by atoms with Gasteiger partial charge >= 0.3 is 0 Å². The van der Waals surface area contributed by atoms with Gasteiger partial charge in [0.25, 0.3) is 0 Å². The van der Waals surface area contributed by atoms with Crippen molar-refractivity contribution in [2.45, 2.75) is 6.54 Å². The molecule has 1 heterocycles. The highest BCUT2D eigenvalue weighted by molar-refractivity contribution is 6.42. The van der Waals surface area contributed by atoms with Crippen LogP contribution in [0.25, 0.3) is 11.0 Å². The molecule has 0 amide bonds. The van der Waals surface area contributed by atoms with Crippen LogP contribution in [-0.4, -0.2) is 9.55 Å². The Balaban J connectivity index is 2.14. The van der Waals surface area contributed by atoms with Gasteiger partial charge in [-0.05, 0) is 18.2 Å². The quantitative estimate of drug-likeness (QED) is 0.774. The molecule has 6 heteroatoms. The number of hydrogen-bond acceptors (Lipinski definition) is 2. The molecule has 3 aromatic rings. The molecule has 0 radical (unpaired) electrons. The predicted octanol–water partition coefficient (Wildman–Crippen LogP) is 4.11. The summed E-state index contributed by atoms with van der Waals surface area (Å²) in [5, 5.41) is 0.823. The third-order valence-electron chi connectivity index (χ3n) is 3.11. The number of aromatic nitrogens is 2. The van der Waals surface area contributed by atoms with Crippen LogP contribution < -0.4 is 5.73 Å². The first-order valence-electron chi connectivity index (χ1n) is 5.90. The summed E-state index contributed by atoms with van der Waals surface area (Å²) in [6, 6.07) is 9.87. The van der Waals surface area contributed by atoms with E-state index in [-0.39, 0.29) is 12.4 Å². The summed E-state index contributed by atoms with van der Waals surface area (Å²) in [6.45, 7) is 0.285. The molecular weight excluding hydrogens is 300 g/mol. The molecule has 3 rings (SSSR count). The molecule has 0 fully saturated rings. The van der Waals surface area contributed by atoms with Crippen LogP contribution >= 0.6 is 23.2 Å². The van der Waals surface area contributed by atoms with Crippen molar-refractivity contribution < 1.29 is 4.39 Å². The van der Waals surface area contributed by atoms with Gasteiger partial charge in [0, 0.05) is 5.56 Å². The standard InChI is InChI=1S/C14H10Cl2FN3/c15-9-5-12-13(6-10(9)16)20(14(18)19-12)7-8-3-1-2-4-11(8)17/h1-6H,7H2,(H2,18,19). The molecule has 0 spiro atoms. The van der Waals surface area contributed by atoms with Crippen LogP contribution in [0.2, 0.25) is 10.0 Å². The Morgan fingerprint density at radius 2 is 1.85 bits per heavy atom. The Morgan fingerprint density at radius 1 is 1.15 bits per heavy atom. The fourth-order valence-electron chi connectivity index (χ4n) is 2.10. The van der Waals surface area contributed by atoms with E-state index in [0.29, 0.717) is 27.1 Å². The van der Waals surface area contributed by atoms with Gasteiger partial charge < -0.3 is 10.3 Å². The minimum absolute atomic E-state index is 0.284. The highest BCUT2D eigenvalue weighted by atomic mass is 35.5. The number of halogens is 3. The molecular formula is C14H10Cl2FN3. The van der Waals surface area contributed by atoms with Crippen molar-refractivity contribution in [2.75, 3.05) is 5.73 Å². The zero-order chi connectivity index (χ0) is 14.3. The van der Waals surface area contributed by atoms with E-state index in [1.54, 1.807) is 34.9 Å². The van der Waals surface area contributed by atoms with Gasteiger partial charge in [-0.3, -0.25) is 0 Å². The van der Waals surface area contributed by atoms with E-state index in [0.717, 1.165) is 5.52 Å². The Labute approximate surface area is 124 Å². The average molecular weight is 310 g/mol. The van der Waals surface area contributed by atoms with Gasteiger partial charge in [0.2, 0.25) is 5.95 Å². The van der Waals surface area contributed by atoms with Gasteiger partial charge in [-0.15, -0.1) is 0 Å². The van der Waals surface area contributed by atoms with Gasteiger partial charge in [-0.2, -0.15) is 0 Å². The first-order chi connectivity index (χ1) is 9.56. The molecule has 0 saturated heterocycles. The van der Waals surface area contributed by atoms with Crippen LogP contribution in [0.5, 0.6) is 0 Å². The molecule has 0 saturated carbocycles. The maximum Gasteiger partial charge on any atom is 0.201 e. The summed E-state index contributed by atoms with van der Waals surface area (Å²) < 4.78 is 15.4. The number of anilines is 1. The lowest BCUT2D eigenvalue weighted by Crippen LogP contribution is -2.05. The summed E-state index contributed by atoms with van der Waals surface area (Å²) in [6.07, 6.45) is 0. The van der Waals surface area contributed by atoms with E-state index >= 15 is 0 Å². The topological polar surface area (TPSA) is 43.8 Å². The van der Waals surface area contributed by atoms with Crippen molar-refractivity contribution in [1.29, 1.82) is 0 Å². The fraction of sp³-hybridized carbons (Fsp3) is 0.0714. The van der Waals surface area contributed by atoms with E-state index in [2.05, 4.69) is 4.98 Å². The minimum Gasteiger partial charge on any atom is -0.369 e. The second kappa shape index (κ2) is 4.96. The second-order valence-corrected chi connectivity index (χ2v) is 5.22. The molecule has 0 atom stereocenters. The van der Waals surface area contributed by atoms with Gasteiger partial charge in [-0.25, -0.2) is 9.37 Å². The molecule has 3 nitrogen and oxygen atoms in total. The first-order valence-corrected chi connectivity index (χ1v) is 6.66. The van der Waals surface area contributed by atoms with Crippen LogP contribution in [0.3, 0.4) is 0 Å². The minimum atomic E-state index is -0.284. The van der Waals surface area contributed by atoms with Crippen molar-refractivity contribution in [3.63, 3.8) is 0 Å². The number of nitrogen functional groups attached to an aromatic ring is 1. The van der Waals surface area contributed by atoms with E-state index in [9.17, 15) is 4.39 Å². The smallest absolute Gasteiger partial charge is 0.201 e. The van der Waals surface area contributed by atoms with Crippen LogP contribution in [0, 0.1) is 5.82 Å². The zero-order valence-electron chi connectivity index (χ0n) is 10.3. The van der Waals surface area contributed by atoms with Crippen molar-refractivity contribution in [2.24, 2.45) is 0 Å². The number of fused-ring (bicyclic) bond motifs is 1. The van der Waals surface area contributed by atoms with Gasteiger partial charge in [-0.1, -0.05) is 41.4 Å². The summed E-state index contributed by atoms with van der Waals surface area (Å²) in [5.41, 5.74) is 7.78. The lowest BCUT2D eigenvalue weighted by Gasteiger charge is -2.08. The summed E-state index contributed by atoms with van der Waals surface area (Å²) in [7, 11) is 0. The van der Waals surface area contributed by atoms with Crippen LogP contribution in [0.4, 0.5) is 10.3 Å². The molecule has 0 aliphatic rings. The van der Waals surface area contributed by atoms with E-state index in [1.165, 1.54) is 6.07 Å². The molecule has 2 N–H and O–H groups in total. The third kappa shape index (κ3) is 2.21. The lowest BCUT2D eigenvalue weighted by atomic mass is 10.2. The second-order valence-electron chi connectivity index (χ2n) is 4.40. The molecule has 0 aliphatic carbocycles. The summed E-state index contributed by atoms with van der Waals surface area (Å²) >= 11 is 12.0. The number of imidazole rings is 1. The number of rotatable bonds is 2. The van der Waals surface area contributed by atoms with Gasteiger partial charge in [0.15, 0.2) is 0 Å². The molecule has 0 unspecified atom stereocenters. The van der Waals surface area contributed by atoms with Crippen LogP contribution in [-0.2, 0) is 6.54 Å². The number of nitrogens with two attached hydrogens (primary N) is 1. The maximum absolute atomic E-state index is 13.7. The lowest BCUT2D eigenvalue weighted by molar-refractivity contribution is 0.602. The Hall–Kier alpha value is -1.78. The van der Waals surface area contributed by atoms with E-state index < -0.39 is 0 Å². The van der Waals surface area contributed by atoms with Crippen LogP contribution in [0.1, 0.15) is 5.56 Å².